The van der Waals surface area contributed by atoms with Crippen molar-refractivity contribution in [3.8, 4) is 0 Å². The van der Waals surface area contributed by atoms with Gasteiger partial charge in [0.1, 0.15) is 0 Å². The van der Waals surface area contributed by atoms with Crippen LogP contribution in [0.15, 0.2) is 36.5 Å². The summed E-state index contributed by atoms with van der Waals surface area (Å²) in [6.45, 7) is 4.26. The van der Waals surface area contributed by atoms with E-state index in [1.54, 1.807) is 6.08 Å². The molecule has 0 radical (unpaired) electrons. The minimum atomic E-state index is -0.930. The summed E-state index contributed by atoms with van der Waals surface area (Å²) in [5.74, 6) is -0.310. The summed E-state index contributed by atoms with van der Waals surface area (Å²) in [6, 6.07) is -0.746. The van der Waals surface area contributed by atoms with E-state index in [2.05, 4.69) is 43.5 Å². The van der Waals surface area contributed by atoms with E-state index in [1.165, 1.54) is 308 Å². The molecule has 5 nitrogen and oxygen atoms in total. The molecule has 0 fully saturated rings. The van der Waals surface area contributed by atoms with Gasteiger partial charge in [0.25, 0.3) is 0 Å². The van der Waals surface area contributed by atoms with Crippen molar-refractivity contribution in [1.29, 1.82) is 0 Å². The summed E-state index contributed by atoms with van der Waals surface area (Å²) >= 11 is 0. The van der Waals surface area contributed by atoms with Crippen LogP contribution in [0.5, 0.6) is 0 Å². The van der Waals surface area contributed by atoms with Gasteiger partial charge < -0.3 is 20.6 Å². The molecule has 1 amide bonds. The van der Waals surface area contributed by atoms with E-state index in [4.69, 9.17) is 0 Å². The molecule has 0 saturated carbocycles. The highest BCUT2D eigenvalue weighted by atomic mass is 16.3. The van der Waals surface area contributed by atoms with E-state index in [9.17, 15) is 20.1 Å². The van der Waals surface area contributed by atoms with Gasteiger partial charge in [-0.05, 0) is 51.4 Å². The molecule has 5 heteroatoms. The first-order chi connectivity index (χ1) is 36.0. The van der Waals surface area contributed by atoms with Crippen LogP contribution in [0.2, 0.25) is 0 Å². The highest BCUT2D eigenvalue weighted by Crippen LogP contribution is 2.19. The minimum Gasteiger partial charge on any atom is -0.394 e. The van der Waals surface area contributed by atoms with Crippen molar-refractivity contribution in [2.45, 2.75) is 385 Å². The average molecular weight is 1030 g/mol. The number of carbonyl (C=O) groups is 1. The molecule has 0 rings (SSSR count). The van der Waals surface area contributed by atoms with Gasteiger partial charge in [-0.25, -0.2) is 0 Å². The van der Waals surface area contributed by atoms with Gasteiger partial charge in [-0.1, -0.05) is 346 Å². The topological polar surface area (TPSA) is 89.8 Å². The Kier molecular flexibility index (Phi) is 61.9. The summed E-state index contributed by atoms with van der Waals surface area (Å²) < 4.78 is 0. The smallest absolute Gasteiger partial charge is 0.222 e. The molecule has 0 aliphatic carbocycles. The van der Waals surface area contributed by atoms with Crippen LogP contribution in [0.3, 0.4) is 0 Å². The fourth-order valence-corrected chi connectivity index (χ4v) is 10.6. The lowest BCUT2D eigenvalue weighted by Gasteiger charge is -2.21. The lowest BCUT2D eigenvalue weighted by molar-refractivity contribution is -0.124. The lowest BCUT2D eigenvalue weighted by Crippen LogP contribution is -2.45. The van der Waals surface area contributed by atoms with Gasteiger partial charge in [-0.3, -0.25) is 4.79 Å². The number of aliphatic hydroxyl groups is 3. The summed E-state index contributed by atoms with van der Waals surface area (Å²) in [5.41, 5.74) is 0. The number of amides is 1. The van der Waals surface area contributed by atoms with Crippen LogP contribution in [0.1, 0.15) is 367 Å². The van der Waals surface area contributed by atoms with Crippen molar-refractivity contribution in [2.75, 3.05) is 6.61 Å². The van der Waals surface area contributed by atoms with Crippen molar-refractivity contribution in [3.63, 3.8) is 0 Å². The molecule has 0 aromatic carbocycles. The van der Waals surface area contributed by atoms with Crippen molar-refractivity contribution in [2.24, 2.45) is 0 Å². The largest absolute Gasteiger partial charge is 0.394 e. The van der Waals surface area contributed by atoms with Gasteiger partial charge >= 0.3 is 0 Å². The van der Waals surface area contributed by atoms with Crippen LogP contribution in [0.4, 0.5) is 0 Å². The zero-order chi connectivity index (χ0) is 52.9. The van der Waals surface area contributed by atoms with Crippen LogP contribution in [-0.2, 0) is 4.79 Å². The van der Waals surface area contributed by atoms with E-state index in [0.29, 0.717) is 6.42 Å². The third kappa shape index (κ3) is 59.7. The monoisotopic (exact) mass is 1030 g/mol. The van der Waals surface area contributed by atoms with Crippen molar-refractivity contribution < 1.29 is 20.1 Å². The minimum absolute atomic E-state index is 0.0157. The van der Waals surface area contributed by atoms with Crippen LogP contribution < -0.4 is 5.32 Å². The molecule has 0 aromatic rings. The second kappa shape index (κ2) is 63.1. The molecule has 0 saturated heterocycles. The van der Waals surface area contributed by atoms with E-state index in [1.807, 2.05) is 6.08 Å². The highest BCUT2D eigenvalue weighted by molar-refractivity contribution is 5.76. The standard InChI is InChI=1S/C68H131NO4/c1-3-5-7-9-11-13-15-17-19-21-23-25-27-29-30-31-32-33-34-35-36-38-39-41-43-45-47-49-51-53-55-57-59-61-65(71)63-68(73)69-66(64-70)67(72)62-60-58-56-54-52-50-48-46-44-42-40-37-28-26-24-22-20-18-16-14-12-10-8-6-4-2/h27,29,31-32,60,62,65-67,70-72H,3-26,28,30,33-59,61,63-64H2,1-2H3,(H,69,73)/b29-27-,32-31-,62-60+. The van der Waals surface area contributed by atoms with Crippen LogP contribution in [0, 0.1) is 0 Å². The molecule has 0 aliphatic rings. The fourth-order valence-electron chi connectivity index (χ4n) is 10.6. The van der Waals surface area contributed by atoms with E-state index in [0.717, 1.165) is 32.1 Å². The molecule has 3 unspecified atom stereocenters. The maximum atomic E-state index is 12.6. The van der Waals surface area contributed by atoms with Gasteiger partial charge in [-0.15, -0.1) is 0 Å². The number of rotatable bonds is 62. The maximum absolute atomic E-state index is 12.6. The first-order valence-corrected chi connectivity index (χ1v) is 33.3. The Bertz CT molecular complexity index is 1130. The fraction of sp³-hybridized carbons (Fsp3) is 0.897. The molecule has 0 bridgehead atoms. The van der Waals surface area contributed by atoms with Crippen LogP contribution in [-0.4, -0.2) is 46.1 Å². The third-order valence-corrected chi connectivity index (χ3v) is 15.7. The number of aliphatic hydroxyl groups excluding tert-OH is 3. The van der Waals surface area contributed by atoms with Gasteiger partial charge in [-0.2, -0.15) is 0 Å². The first-order valence-electron chi connectivity index (χ1n) is 33.3. The Morgan fingerprint density at radius 1 is 0.356 bits per heavy atom. The summed E-state index contributed by atoms with van der Waals surface area (Å²) in [5, 5.41) is 33.6. The maximum Gasteiger partial charge on any atom is 0.222 e. The van der Waals surface area contributed by atoms with Crippen LogP contribution in [0.25, 0.3) is 0 Å². The molecule has 3 atom stereocenters. The number of carbonyl (C=O) groups excluding carboxylic acids is 1. The molecule has 0 spiro atoms. The Morgan fingerprint density at radius 3 is 0.904 bits per heavy atom. The zero-order valence-electron chi connectivity index (χ0n) is 49.5. The van der Waals surface area contributed by atoms with Gasteiger partial charge in [0, 0.05) is 0 Å². The second-order valence-corrected chi connectivity index (χ2v) is 23.1. The molecule has 432 valence electrons. The van der Waals surface area contributed by atoms with E-state index >= 15 is 0 Å². The summed E-state index contributed by atoms with van der Waals surface area (Å²) in [7, 11) is 0. The molecule has 4 N–H and O–H groups in total. The van der Waals surface area contributed by atoms with Gasteiger partial charge in [0.15, 0.2) is 0 Å². The normalized spacial score (nSPS) is 13.3. The quantitative estimate of drug-likeness (QED) is 0.0361. The number of allylic oxidation sites excluding steroid dienone is 5. The number of hydrogen-bond acceptors (Lipinski definition) is 4. The predicted molar refractivity (Wildman–Crippen MR) is 324 cm³/mol. The molecule has 0 aromatic heterocycles. The van der Waals surface area contributed by atoms with Gasteiger partial charge in [0.05, 0.1) is 31.3 Å². The Hall–Kier alpha value is -1.43. The molecule has 0 heterocycles. The Morgan fingerprint density at radius 2 is 0.616 bits per heavy atom. The van der Waals surface area contributed by atoms with Crippen molar-refractivity contribution in [1.82, 2.24) is 5.32 Å². The lowest BCUT2D eigenvalue weighted by atomic mass is 10.0. The average Bonchev–Trinajstić information content (AvgIpc) is 3.39. The van der Waals surface area contributed by atoms with Crippen molar-refractivity contribution in [3.05, 3.63) is 36.5 Å². The Balaban J connectivity index is 3.51. The molecule has 0 aliphatic heterocycles. The molecule has 73 heavy (non-hydrogen) atoms. The Labute approximate surface area is 457 Å². The molecular weight excluding hydrogens is 895 g/mol. The second-order valence-electron chi connectivity index (χ2n) is 23.1. The van der Waals surface area contributed by atoms with Crippen molar-refractivity contribution >= 4 is 5.91 Å². The zero-order valence-corrected chi connectivity index (χ0v) is 49.5. The highest BCUT2D eigenvalue weighted by Gasteiger charge is 2.20. The van der Waals surface area contributed by atoms with Crippen LogP contribution >= 0.6 is 0 Å². The van der Waals surface area contributed by atoms with E-state index < -0.39 is 18.2 Å². The summed E-state index contributed by atoms with van der Waals surface area (Å²) in [6.07, 6.45) is 83.8. The number of unbranched alkanes of at least 4 members (excludes halogenated alkanes) is 49. The number of nitrogens with one attached hydrogen (secondary N) is 1. The predicted octanol–water partition coefficient (Wildman–Crippen LogP) is 21.3. The third-order valence-electron chi connectivity index (χ3n) is 15.7. The van der Waals surface area contributed by atoms with E-state index in [-0.39, 0.29) is 18.9 Å². The molecular formula is C68H131NO4. The van der Waals surface area contributed by atoms with Gasteiger partial charge in [0.2, 0.25) is 5.91 Å². The first kappa shape index (κ1) is 71.6. The number of hydrogen-bond donors (Lipinski definition) is 4. The SMILES string of the molecule is CCCCCCCCCCCCC/C=C\C/C=C\CCCCCCCCCCCCCCCCCC(O)CC(=O)NC(CO)C(O)/C=C/CCCCCCCCCCCCCCCCCCCCCCCCC. The summed E-state index contributed by atoms with van der Waals surface area (Å²) in [4.78, 5) is 12.6.